The first-order chi connectivity index (χ1) is 8.50. The van der Waals surface area contributed by atoms with E-state index in [1.165, 1.54) is 6.92 Å². The van der Waals surface area contributed by atoms with Gasteiger partial charge < -0.3 is 4.90 Å². The molecule has 0 aliphatic rings. The van der Waals surface area contributed by atoms with Crippen molar-refractivity contribution in [2.75, 3.05) is 11.9 Å². The maximum Gasteiger partial charge on any atom is 0.236 e. The number of benzene rings is 1. The van der Waals surface area contributed by atoms with Gasteiger partial charge >= 0.3 is 0 Å². The van der Waals surface area contributed by atoms with Crippen LogP contribution in [0, 0.1) is 0 Å². The van der Waals surface area contributed by atoms with Crippen molar-refractivity contribution in [1.82, 2.24) is 5.43 Å². The molecular formula is C13H17N3O2. The lowest BCUT2D eigenvalue weighted by atomic mass is 10.2. The first-order valence-electron chi connectivity index (χ1n) is 5.62. The van der Waals surface area contributed by atoms with Crippen LogP contribution in [-0.4, -0.2) is 24.6 Å². The molecule has 0 heterocycles. The topological polar surface area (TPSA) is 61.8 Å². The molecule has 1 aromatic carbocycles. The highest BCUT2D eigenvalue weighted by Crippen LogP contribution is 2.12. The number of hydrogen-bond acceptors (Lipinski definition) is 3. The highest BCUT2D eigenvalue weighted by molar-refractivity contribution is 6.06. The molecule has 0 saturated heterocycles. The van der Waals surface area contributed by atoms with Gasteiger partial charge in [-0.1, -0.05) is 18.2 Å². The van der Waals surface area contributed by atoms with Crippen molar-refractivity contribution < 1.29 is 9.59 Å². The minimum Gasteiger partial charge on any atom is -0.315 e. The molecule has 18 heavy (non-hydrogen) atoms. The molecule has 0 atom stereocenters. The Morgan fingerprint density at radius 1 is 1.22 bits per heavy atom. The summed E-state index contributed by atoms with van der Waals surface area (Å²) in [4.78, 5) is 24.2. The van der Waals surface area contributed by atoms with Crippen LogP contribution in [0.4, 0.5) is 5.69 Å². The number of nitrogens with one attached hydrogen (secondary N) is 1. The smallest absolute Gasteiger partial charge is 0.236 e. The molecule has 2 amide bonds. The van der Waals surface area contributed by atoms with Crippen LogP contribution in [0.15, 0.2) is 35.4 Å². The first kappa shape index (κ1) is 13.9. The largest absolute Gasteiger partial charge is 0.315 e. The van der Waals surface area contributed by atoms with Crippen molar-refractivity contribution in [1.29, 1.82) is 0 Å². The van der Waals surface area contributed by atoms with Crippen molar-refractivity contribution in [3.63, 3.8) is 0 Å². The van der Waals surface area contributed by atoms with Crippen LogP contribution in [0.25, 0.3) is 0 Å². The van der Waals surface area contributed by atoms with Crippen LogP contribution in [0.3, 0.4) is 0 Å². The molecule has 0 saturated carbocycles. The van der Waals surface area contributed by atoms with E-state index in [2.05, 4.69) is 10.5 Å². The van der Waals surface area contributed by atoms with E-state index < -0.39 is 0 Å². The summed E-state index contributed by atoms with van der Waals surface area (Å²) in [6, 6.07) is 9.36. The minimum atomic E-state index is -0.252. The standard InChI is InChI=1S/C13H17N3O2/c1-10(14-15-11(2)17)9-13(18)16(3)12-7-5-4-6-8-12/h4-8H,9H2,1-3H3,(H,15,17)/b14-10+. The van der Waals surface area contributed by atoms with E-state index in [1.54, 1.807) is 18.9 Å². The Bertz CT molecular complexity index is 455. The second-order valence-electron chi connectivity index (χ2n) is 3.98. The zero-order valence-corrected chi connectivity index (χ0v) is 10.8. The number of carbonyl (C=O) groups is 2. The summed E-state index contributed by atoms with van der Waals surface area (Å²) in [6.07, 6.45) is 0.172. The molecule has 5 nitrogen and oxygen atoms in total. The minimum absolute atomic E-state index is 0.0761. The van der Waals surface area contributed by atoms with E-state index in [9.17, 15) is 9.59 Å². The Morgan fingerprint density at radius 3 is 2.39 bits per heavy atom. The summed E-state index contributed by atoms with van der Waals surface area (Å²) >= 11 is 0. The fraction of sp³-hybridized carbons (Fsp3) is 0.308. The van der Waals surface area contributed by atoms with Crippen molar-refractivity contribution >= 4 is 23.2 Å². The summed E-state index contributed by atoms with van der Waals surface area (Å²) in [5.41, 5.74) is 3.70. The number of carbonyl (C=O) groups excluding carboxylic acids is 2. The van der Waals surface area contributed by atoms with Crippen LogP contribution in [-0.2, 0) is 9.59 Å². The summed E-state index contributed by atoms with van der Waals surface area (Å²) in [6.45, 7) is 3.07. The molecule has 0 bridgehead atoms. The lowest BCUT2D eigenvalue weighted by Gasteiger charge is -2.16. The molecule has 0 fully saturated rings. The lowest BCUT2D eigenvalue weighted by Crippen LogP contribution is -2.28. The molecule has 1 rings (SSSR count). The molecule has 5 heteroatoms. The van der Waals surface area contributed by atoms with E-state index >= 15 is 0 Å². The fourth-order valence-electron chi connectivity index (χ4n) is 1.35. The summed E-state index contributed by atoms with van der Waals surface area (Å²) < 4.78 is 0. The molecule has 1 N–H and O–H groups in total. The molecule has 0 radical (unpaired) electrons. The Hall–Kier alpha value is -2.17. The third kappa shape index (κ3) is 4.37. The maximum absolute atomic E-state index is 11.9. The first-order valence-corrected chi connectivity index (χ1v) is 5.62. The number of hydrazone groups is 1. The molecule has 0 aliphatic carbocycles. The van der Waals surface area contributed by atoms with Gasteiger partial charge in [-0.05, 0) is 19.1 Å². The average Bonchev–Trinajstić information content (AvgIpc) is 2.36. The van der Waals surface area contributed by atoms with Crippen molar-refractivity contribution in [3.8, 4) is 0 Å². The molecule has 0 aliphatic heterocycles. The normalized spacial score (nSPS) is 10.9. The molecule has 0 unspecified atom stereocenters. The highest BCUT2D eigenvalue weighted by Gasteiger charge is 2.11. The Balaban J connectivity index is 2.60. The van der Waals surface area contributed by atoms with E-state index in [4.69, 9.17) is 0 Å². The van der Waals surface area contributed by atoms with Gasteiger partial charge in [0, 0.05) is 25.4 Å². The number of nitrogens with zero attached hydrogens (tertiary/aromatic N) is 2. The number of rotatable bonds is 4. The monoisotopic (exact) mass is 247 g/mol. The van der Waals surface area contributed by atoms with E-state index in [-0.39, 0.29) is 18.2 Å². The molecule has 96 valence electrons. The quantitative estimate of drug-likeness (QED) is 0.648. The average molecular weight is 247 g/mol. The van der Waals surface area contributed by atoms with Gasteiger partial charge in [0.15, 0.2) is 0 Å². The van der Waals surface area contributed by atoms with Gasteiger partial charge in [-0.15, -0.1) is 0 Å². The molecular weight excluding hydrogens is 230 g/mol. The van der Waals surface area contributed by atoms with Gasteiger partial charge in [0.2, 0.25) is 11.8 Å². The van der Waals surface area contributed by atoms with Gasteiger partial charge in [-0.3, -0.25) is 9.59 Å². The van der Waals surface area contributed by atoms with E-state index in [0.29, 0.717) is 5.71 Å². The van der Waals surface area contributed by atoms with Crippen LogP contribution < -0.4 is 10.3 Å². The molecule has 0 aromatic heterocycles. The zero-order valence-electron chi connectivity index (χ0n) is 10.8. The van der Waals surface area contributed by atoms with Gasteiger partial charge in [0.1, 0.15) is 0 Å². The lowest BCUT2D eigenvalue weighted by molar-refractivity contribution is -0.119. The summed E-state index contributed by atoms with van der Waals surface area (Å²) in [7, 11) is 1.71. The van der Waals surface area contributed by atoms with Crippen LogP contribution in [0.5, 0.6) is 0 Å². The Labute approximate surface area is 106 Å². The van der Waals surface area contributed by atoms with Crippen molar-refractivity contribution in [2.24, 2.45) is 5.10 Å². The third-order valence-corrected chi connectivity index (χ3v) is 2.33. The SMILES string of the molecule is CC(=O)N/N=C(\C)CC(=O)N(C)c1ccccc1. The third-order valence-electron chi connectivity index (χ3n) is 2.33. The number of hydrogen-bond donors (Lipinski definition) is 1. The highest BCUT2D eigenvalue weighted by atomic mass is 16.2. The van der Waals surface area contributed by atoms with Gasteiger partial charge in [0.25, 0.3) is 0 Å². The second kappa shape index (κ2) is 6.54. The number of amides is 2. The molecule has 1 aromatic rings. The Morgan fingerprint density at radius 2 is 1.83 bits per heavy atom. The Kier molecular flexibility index (Phi) is 5.05. The predicted molar refractivity (Wildman–Crippen MR) is 71.4 cm³/mol. The molecule has 0 spiro atoms. The van der Waals surface area contributed by atoms with E-state index in [1.807, 2.05) is 30.3 Å². The number of para-hydroxylation sites is 1. The van der Waals surface area contributed by atoms with Crippen LogP contribution >= 0.6 is 0 Å². The van der Waals surface area contributed by atoms with Crippen LogP contribution in [0.2, 0.25) is 0 Å². The number of anilines is 1. The van der Waals surface area contributed by atoms with Gasteiger partial charge in [-0.2, -0.15) is 5.10 Å². The van der Waals surface area contributed by atoms with Crippen molar-refractivity contribution in [3.05, 3.63) is 30.3 Å². The summed E-state index contributed by atoms with van der Waals surface area (Å²) in [5.74, 6) is -0.328. The van der Waals surface area contributed by atoms with Gasteiger partial charge in [-0.25, -0.2) is 5.43 Å². The maximum atomic E-state index is 11.9. The van der Waals surface area contributed by atoms with E-state index in [0.717, 1.165) is 5.69 Å². The predicted octanol–water partition coefficient (Wildman–Crippen LogP) is 1.55. The second-order valence-corrected chi connectivity index (χ2v) is 3.98. The zero-order chi connectivity index (χ0) is 13.5. The van der Waals surface area contributed by atoms with Crippen molar-refractivity contribution in [2.45, 2.75) is 20.3 Å². The summed E-state index contributed by atoms with van der Waals surface area (Å²) in [5, 5.41) is 3.81. The fourth-order valence-corrected chi connectivity index (χ4v) is 1.35. The van der Waals surface area contributed by atoms with Crippen LogP contribution in [0.1, 0.15) is 20.3 Å². The van der Waals surface area contributed by atoms with Gasteiger partial charge in [0.05, 0.1) is 6.42 Å².